The lowest BCUT2D eigenvalue weighted by Gasteiger charge is -2.11. The van der Waals surface area contributed by atoms with Crippen LogP contribution in [-0.4, -0.2) is 6.21 Å². The van der Waals surface area contributed by atoms with E-state index in [9.17, 15) is 0 Å². The number of aliphatic imine (C=N–C) groups is 1. The normalized spacial score (nSPS) is 11.7. The van der Waals surface area contributed by atoms with Crippen LogP contribution in [0.25, 0.3) is 99.1 Å². The van der Waals surface area contributed by atoms with Crippen LogP contribution in [0.15, 0.2) is 222 Å². The molecule has 10 aromatic carbocycles. The van der Waals surface area contributed by atoms with Crippen molar-refractivity contribution in [2.24, 2.45) is 4.99 Å². The van der Waals surface area contributed by atoms with Crippen molar-refractivity contribution in [2.45, 2.75) is 6.42 Å². The first-order valence-electron chi connectivity index (χ1n) is 20.8. The fourth-order valence-corrected chi connectivity index (χ4v) is 8.90. The number of hydrogen-bond acceptors (Lipinski definition) is 3. The number of furan rings is 1. The van der Waals surface area contributed by atoms with E-state index in [-0.39, 0.29) is 0 Å². The zero-order chi connectivity index (χ0) is 40.7. The summed E-state index contributed by atoms with van der Waals surface area (Å²) in [6.07, 6.45) is 2.66. The van der Waals surface area contributed by atoms with Crippen LogP contribution in [-0.2, 0) is 6.42 Å². The zero-order valence-corrected chi connectivity index (χ0v) is 33.4. The molecule has 0 aliphatic rings. The molecular weight excluding hydrogens is 741 g/mol. The second kappa shape index (κ2) is 15.3. The van der Waals surface area contributed by atoms with Gasteiger partial charge in [0.25, 0.3) is 0 Å². The summed E-state index contributed by atoms with van der Waals surface area (Å²) in [4.78, 5) is 5.00. The van der Waals surface area contributed by atoms with Crippen LogP contribution in [0.4, 0.5) is 11.4 Å². The number of nitrogen functional groups attached to an aromatic ring is 1. The quantitative estimate of drug-likeness (QED) is 0.0948. The highest BCUT2D eigenvalue weighted by atomic mass is 16.3. The first-order chi connectivity index (χ1) is 30.2. The lowest BCUT2D eigenvalue weighted by molar-refractivity contribution is 0.671. The molecule has 0 unspecified atom stereocenters. The highest BCUT2D eigenvalue weighted by Gasteiger charge is 2.20. The maximum absolute atomic E-state index is 7.09. The Hall–Kier alpha value is -8.01. The van der Waals surface area contributed by atoms with Gasteiger partial charge in [-0.25, -0.2) is 0 Å². The van der Waals surface area contributed by atoms with Gasteiger partial charge in [0.15, 0.2) is 0 Å². The van der Waals surface area contributed by atoms with Gasteiger partial charge < -0.3 is 10.2 Å². The van der Waals surface area contributed by atoms with Crippen LogP contribution >= 0.6 is 0 Å². The summed E-state index contributed by atoms with van der Waals surface area (Å²) in [5, 5.41) is 6.57. The SMILES string of the molecule is Nc1c(N=CCc2cccc(-c3cccc(-c4cc(-c5ccccc5)cc5c4oc4c(-c6ccccc6)cc(-c6ccccc6)cc45)c3)c2)c2ccccc2c2ccccc12. The second-order valence-corrected chi connectivity index (χ2v) is 15.7. The maximum atomic E-state index is 7.09. The molecule has 0 saturated heterocycles. The van der Waals surface area contributed by atoms with Gasteiger partial charge in [-0.2, -0.15) is 0 Å². The molecule has 11 aromatic rings. The number of nitrogens with zero attached hydrogens (tertiary/aromatic N) is 1. The Bertz CT molecular complexity index is 3440. The zero-order valence-electron chi connectivity index (χ0n) is 33.4. The van der Waals surface area contributed by atoms with Crippen molar-refractivity contribution in [1.82, 2.24) is 0 Å². The third kappa shape index (κ3) is 6.63. The van der Waals surface area contributed by atoms with Crippen LogP contribution in [0.2, 0.25) is 0 Å². The van der Waals surface area contributed by atoms with E-state index >= 15 is 0 Å². The van der Waals surface area contributed by atoms with Crippen LogP contribution in [0.1, 0.15) is 5.56 Å². The number of benzene rings is 10. The monoisotopic (exact) mass is 780 g/mol. The summed E-state index contributed by atoms with van der Waals surface area (Å²) in [5.74, 6) is 0. The molecule has 0 spiro atoms. The van der Waals surface area contributed by atoms with Gasteiger partial charge in [-0.05, 0) is 91.2 Å². The largest absolute Gasteiger partial charge is 0.455 e. The van der Waals surface area contributed by atoms with Crippen molar-refractivity contribution in [3.8, 4) is 55.6 Å². The van der Waals surface area contributed by atoms with Gasteiger partial charge in [0.05, 0.1) is 11.4 Å². The van der Waals surface area contributed by atoms with E-state index in [1.165, 1.54) is 11.1 Å². The molecule has 0 atom stereocenters. The smallest absolute Gasteiger partial charge is 0.143 e. The molecule has 0 aliphatic heterocycles. The van der Waals surface area contributed by atoms with E-state index in [0.29, 0.717) is 12.1 Å². The van der Waals surface area contributed by atoms with E-state index < -0.39 is 0 Å². The molecule has 0 bridgehead atoms. The van der Waals surface area contributed by atoms with Gasteiger partial charge in [-0.1, -0.05) is 182 Å². The van der Waals surface area contributed by atoms with Gasteiger partial charge in [0, 0.05) is 45.3 Å². The predicted molar refractivity (Wildman–Crippen MR) is 259 cm³/mol. The minimum Gasteiger partial charge on any atom is -0.455 e. The van der Waals surface area contributed by atoms with Crippen molar-refractivity contribution >= 4 is 61.1 Å². The molecule has 0 radical (unpaired) electrons. The number of nitrogens with two attached hydrogens (primary N) is 1. The molecule has 3 nitrogen and oxygen atoms in total. The molecule has 11 rings (SSSR count). The summed E-state index contributed by atoms with van der Waals surface area (Å²) in [7, 11) is 0. The Balaban J connectivity index is 1.01. The third-order valence-electron chi connectivity index (χ3n) is 11.9. The molecule has 0 saturated carbocycles. The molecule has 0 amide bonds. The van der Waals surface area contributed by atoms with Crippen molar-refractivity contribution in [1.29, 1.82) is 0 Å². The van der Waals surface area contributed by atoms with Gasteiger partial charge in [0.2, 0.25) is 0 Å². The van der Waals surface area contributed by atoms with Gasteiger partial charge >= 0.3 is 0 Å². The lowest BCUT2D eigenvalue weighted by Crippen LogP contribution is -1.92. The first kappa shape index (κ1) is 36.1. The number of anilines is 1. The van der Waals surface area contributed by atoms with E-state index in [0.717, 1.165) is 99.2 Å². The molecule has 3 heteroatoms. The highest BCUT2D eigenvalue weighted by molar-refractivity contribution is 6.19. The topological polar surface area (TPSA) is 51.5 Å². The molecule has 288 valence electrons. The standard InChI is InChI=1S/C58H40N2O/c59-55-49-28-12-10-26-47(49)48-27-11-13-29-50(48)56(55)60-31-30-38-16-14-23-42(32-38)43-24-15-25-44(33-43)52-35-46(40-19-6-2-7-20-40)37-54-53-36-45(39-17-4-1-5-18-39)34-51(57(53)61-58(52)54)41-21-8-3-9-22-41/h1-29,31-37H,30,59H2. The Morgan fingerprint density at radius 3 is 1.44 bits per heavy atom. The van der Waals surface area contributed by atoms with Crippen LogP contribution in [0, 0.1) is 0 Å². The highest BCUT2D eigenvalue weighted by Crippen LogP contribution is 2.45. The Kier molecular flexibility index (Phi) is 9.05. The van der Waals surface area contributed by atoms with Crippen molar-refractivity contribution in [3.63, 3.8) is 0 Å². The fourth-order valence-electron chi connectivity index (χ4n) is 8.90. The number of fused-ring (bicyclic) bond motifs is 6. The molecule has 0 fully saturated rings. The van der Waals surface area contributed by atoms with Crippen LogP contribution < -0.4 is 5.73 Å². The van der Waals surface area contributed by atoms with E-state index in [1.54, 1.807) is 0 Å². The second-order valence-electron chi connectivity index (χ2n) is 15.7. The van der Waals surface area contributed by atoms with Gasteiger partial charge in [0.1, 0.15) is 11.2 Å². The molecule has 61 heavy (non-hydrogen) atoms. The molecule has 1 heterocycles. The molecule has 1 aromatic heterocycles. The van der Waals surface area contributed by atoms with Crippen molar-refractivity contribution in [2.75, 3.05) is 5.73 Å². The minimum atomic E-state index is 0.668. The fraction of sp³-hybridized carbons (Fsp3) is 0.0172. The lowest BCUT2D eigenvalue weighted by atomic mass is 9.92. The van der Waals surface area contributed by atoms with E-state index in [4.69, 9.17) is 15.1 Å². The number of rotatable bonds is 8. The van der Waals surface area contributed by atoms with Crippen molar-refractivity contribution < 1.29 is 4.42 Å². The summed E-state index contributed by atoms with van der Waals surface area (Å²) in [6, 6.07) is 75.2. The van der Waals surface area contributed by atoms with Crippen LogP contribution in [0.3, 0.4) is 0 Å². The predicted octanol–water partition coefficient (Wildman–Crippen LogP) is 15.8. The molecular formula is C58H40N2O. The average molecular weight is 781 g/mol. The first-order valence-corrected chi connectivity index (χ1v) is 20.8. The van der Waals surface area contributed by atoms with Crippen molar-refractivity contribution in [3.05, 3.63) is 218 Å². The summed E-state index contributed by atoms with van der Waals surface area (Å²) >= 11 is 0. The van der Waals surface area contributed by atoms with E-state index in [2.05, 4.69) is 200 Å². The third-order valence-corrected chi connectivity index (χ3v) is 11.9. The Labute approximate surface area is 354 Å². The average Bonchev–Trinajstić information content (AvgIpc) is 3.71. The summed E-state index contributed by atoms with van der Waals surface area (Å²) in [5.41, 5.74) is 22.5. The van der Waals surface area contributed by atoms with Gasteiger partial charge in [-0.15, -0.1) is 0 Å². The maximum Gasteiger partial charge on any atom is 0.143 e. The molecule has 0 aliphatic carbocycles. The summed E-state index contributed by atoms with van der Waals surface area (Å²) < 4.78 is 7.09. The Morgan fingerprint density at radius 2 is 0.820 bits per heavy atom. The van der Waals surface area contributed by atoms with Crippen LogP contribution in [0.5, 0.6) is 0 Å². The summed E-state index contributed by atoms with van der Waals surface area (Å²) in [6.45, 7) is 0. The molecule has 2 N–H and O–H groups in total. The van der Waals surface area contributed by atoms with E-state index in [1.807, 2.05) is 18.3 Å². The van der Waals surface area contributed by atoms with Gasteiger partial charge in [-0.3, -0.25) is 4.99 Å². The Morgan fingerprint density at radius 1 is 0.361 bits per heavy atom. The number of hydrogen-bond donors (Lipinski definition) is 1. The minimum absolute atomic E-state index is 0.668.